The second-order valence-electron chi connectivity index (χ2n) is 3.96. The van der Waals surface area contributed by atoms with E-state index in [2.05, 4.69) is 17.2 Å². The maximum Gasteiger partial charge on any atom is 0.127 e. The van der Waals surface area contributed by atoms with Gasteiger partial charge in [-0.1, -0.05) is 18.3 Å². The highest BCUT2D eigenvalue weighted by Crippen LogP contribution is 2.37. The van der Waals surface area contributed by atoms with E-state index in [1.54, 1.807) is 0 Å². The third kappa shape index (κ3) is 2.01. The molecule has 1 aromatic heterocycles. The lowest BCUT2D eigenvalue weighted by molar-refractivity contribution is 0.821. The molecule has 0 aromatic carbocycles. The van der Waals surface area contributed by atoms with Crippen LogP contribution in [-0.2, 0) is 0 Å². The van der Waals surface area contributed by atoms with Crippen LogP contribution in [0.1, 0.15) is 25.5 Å². The van der Waals surface area contributed by atoms with E-state index in [4.69, 9.17) is 18.0 Å². The molecule has 3 nitrogen and oxygen atoms in total. The summed E-state index contributed by atoms with van der Waals surface area (Å²) >= 11 is 4.87. The average molecular weight is 207 g/mol. The fourth-order valence-electron chi connectivity index (χ4n) is 1.26. The normalized spacial score (nSPS) is 17.5. The van der Waals surface area contributed by atoms with Crippen LogP contribution in [0.5, 0.6) is 0 Å². The SMILES string of the molecule is CC1(Nc2cccc(C(N)=S)n2)CC1. The Labute approximate surface area is 88.7 Å². The molecule has 0 saturated heterocycles. The van der Waals surface area contributed by atoms with Crippen LogP contribution in [0.15, 0.2) is 18.2 Å². The molecule has 0 aliphatic heterocycles. The first kappa shape index (κ1) is 9.40. The highest BCUT2D eigenvalue weighted by molar-refractivity contribution is 7.80. The van der Waals surface area contributed by atoms with Gasteiger partial charge in [0.25, 0.3) is 0 Å². The molecule has 3 N–H and O–H groups in total. The lowest BCUT2D eigenvalue weighted by Gasteiger charge is -2.12. The fourth-order valence-corrected chi connectivity index (χ4v) is 1.38. The lowest BCUT2D eigenvalue weighted by Crippen LogP contribution is -2.18. The molecule has 1 fully saturated rings. The van der Waals surface area contributed by atoms with Crippen LogP contribution in [0.2, 0.25) is 0 Å². The van der Waals surface area contributed by atoms with E-state index in [9.17, 15) is 0 Å². The molecule has 1 aliphatic carbocycles. The number of anilines is 1. The van der Waals surface area contributed by atoms with Crippen molar-refractivity contribution in [2.24, 2.45) is 5.73 Å². The third-order valence-electron chi connectivity index (χ3n) is 2.43. The molecule has 74 valence electrons. The van der Waals surface area contributed by atoms with E-state index in [-0.39, 0.29) is 5.54 Å². The number of aromatic nitrogens is 1. The first-order valence-corrected chi connectivity index (χ1v) is 5.05. The van der Waals surface area contributed by atoms with Crippen molar-refractivity contribution in [3.63, 3.8) is 0 Å². The van der Waals surface area contributed by atoms with E-state index < -0.39 is 0 Å². The first-order valence-electron chi connectivity index (χ1n) is 4.64. The zero-order valence-corrected chi connectivity index (χ0v) is 8.90. The zero-order chi connectivity index (χ0) is 10.2. The highest BCUT2D eigenvalue weighted by Gasteiger charge is 2.37. The average Bonchev–Trinajstić information content (AvgIpc) is 2.83. The van der Waals surface area contributed by atoms with Crippen LogP contribution in [0, 0.1) is 0 Å². The summed E-state index contributed by atoms with van der Waals surface area (Å²) in [5, 5.41) is 3.36. The van der Waals surface area contributed by atoms with E-state index >= 15 is 0 Å². The van der Waals surface area contributed by atoms with E-state index in [1.807, 2.05) is 18.2 Å². The van der Waals surface area contributed by atoms with Gasteiger partial charge in [-0.15, -0.1) is 0 Å². The Kier molecular flexibility index (Phi) is 2.15. The van der Waals surface area contributed by atoms with E-state index in [1.165, 1.54) is 12.8 Å². The predicted molar refractivity (Wildman–Crippen MR) is 61.4 cm³/mol. The predicted octanol–water partition coefficient (Wildman–Crippen LogP) is 1.68. The Hall–Kier alpha value is -1.16. The van der Waals surface area contributed by atoms with Crippen molar-refractivity contribution in [1.29, 1.82) is 0 Å². The Morgan fingerprint density at radius 1 is 1.57 bits per heavy atom. The van der Waals surface area contributed by atoms with Crippen molar-refractivity contribution in [1.82, 2.24) is 4.98 Å². The standard InChI is InChI=1S/C10H13N3S/c1-10(5-6-10)13-8-4-2-3-7(12-8)9(11)14/h2-4H,5-6H2,1H3,(H2,11,14)(H,12,13). The van der Waals surface area contributed by atoms with Crippen molar-refractivity contribution < 1.29 is 0 Å². The molecule has 1 aliphatic rings. The van der Waals surface area contributed by atoms with E-state index in [0.717, 1.165) is 5.82 Å². The molecule has 0 unspecified atom stereocenters. The summed E-state index contributed by atoms with van der Waals surface area (Å²) in [6.45, 7) is 2.18. The Bertz CT molecular complexity index is 371. The van der Waals surface area contributed by atoms with Gasteiger partial charge in [-0.25, -0.2) is 4.98 Å². The number of thiocarbonyl (C=S) groups is 1. The van der Waals surface area contributed by atoms with Crippen LogP contribution in [0.25, 0.3) is 0 Å². The van der Waals surface area contributed by atoms with E-state index in [0.29, 0.717) is 10.7 Å². The maximum atomic E-state index is 5.50. The fraction of sp³-hybridized carbons (Fsp3) is 0.400. The number of nitrogens with one attached hydrogen (secondary N) is 1. The van der Waals surface area contributed by atoms with Gasteiger partial charge in [0.1, 0.15) is 10.8 Å². The van der Waals surface area contributed by atoms with Crippen LogP contribution in [0.3, 0.4) is 0 Å². The first-order chi connectivity index (χ1) is 6.59. The summed E-state index contributed by atoms with van der Waals surface area (Å²) in [6.07, 6.45) is 2.40. The molecule has 0 bridgehead atoms. The summed E-state index contributed by atoms with van der Waals surface area (Å²) in [4.78, 5) is 4.66. The smallest absolute Gasteiger partial charge is 0.127 e. The molecule has 1 saturated carbocycles. The Balaban J connectivity index is 2.17. The lowest BCUT2D eigenvalue weighted by atomic mass is 10.3. The molecule has 0 amide bonds. The molecular formula is C10H13N3S. The second-order valence-corrected chi connectivity index (χ2v) is 4.40. The molecule has 4 heteroatoms. The highest BCUT2D eigenvalue weighted by atomic mass is 32.1. The Morgan fingerprint density at radius 3 is 2.86 bits per heavy atom. The van der Waals surface area contributed by atoms with Gasteiger partial charge in [-0.3, -0.25) is 0 Å². The molecule has 14 heavy (non-hydrogen) atoms. The molecular weight excluding hydrogens is 194 g/mol. The van der Waals surface area contributed by atoms with Gasteiger partial charge in [0.15, 0.2) is 0 Å². The summed E-state index contributed by atoms with van der Waals surface area (Å²) in [5.41, 5.74) is 6.42. The van der Waals surface area contributed by atoms with Gasteiger partial charge in [0.2, 0.25) is 0 Å². The zero-order valence-electron chi connectivity index (χ0n) is 8.08. The van der Waals surface area contributed by atoms with Crippen molar-refractivity contribution in [2.45, 2.75) is 25.3 Å². The minimum Gasteiger partial charge on any atom is -0.388 e. The van der Waals surface area contributed by atoms with Crippen molar-refractivity contribution in [3.05, 3.63) is 23.9 Å². The van der Waals surface area contributed by atoms with Gasteiger partial charge < -0.3 is 11.1 Å². The van der Waals surface area contributed by atoms with Crippen LogP contribution in [0.4, 0.5) is 5.82 Å². The molecule has 0 radical (unpaired) electrons. The van der Waals surface area contributed by atoms with Crippen molar-refractivity contribution in [3.8, 4) is 0 Å². The Morgan fingerprint density at radius 2 is 2.29 bits per heavy atom. The second kappa shape index (κ2) is 3.20. The number of hydrogen-bond donors (Lipinski definition) is 2. The molecule has 0 spiro atoms. The minimum atomic E-state index is 0.238. The van der Waals surface area contributed by atoms with Crippen LogP contribution >= 0.6 is 12.2 Å². The van der Waals surface area contributed by atoms with Crippen molar-refractivity contribution in [2.75, 3.05) is 5.32 Å². The van der Waals surface area contributed by atoms with Gasteiger partial charge >= 0.3 is 0 Å². The summed E-state index contributed by atoms with van der Waals surface area (Å²) in [5.74, 6) is 0.857. The summed E-state index contributed by atoms with van der Waals surface area (Å²) < 4.78 is 0. The number of pyridine rings is 1. The summed E-state index contributed by atoms with van der Waals surface area (Å²) in [6, 6.07) is 5.67. The maximum absolute atomic E-state index is 5.50. The summed E-state index contributed by atoms with van der Waals surface area (Å²) in [7, 11) is 0. The monoisotopic (exact) mass is 207 g/mol. The topological polar surface area (TPSA) is 50.9 Å². The largest absolute Gasteiger partial charge is 0.388 e. The molecule has 2 rings (SSSR count). The molecule has 0 atom stereocenters. The van der Waals surface area contributed by atoms with Crippen LogP contribution < -0.4 is 11.1 Å². The van der Waals surface area contributed by atoms with Gasteiger partial charge in [0, 0.05) is 5.54 Å². The van der Waals surface area contributed by atoms with Gasteiger partial charge in [-0.05, 0) is 31.9 Å². The molecule has 1 aromatic rings. The number of nitrogens with zero attached hydrogens (tertiary/aromatic N) is 1. The third-order valence-corrected chi connectivity index (χ3v) is 2.64. The number of hydrogen-bond acceptors (Lipinski definition) is 3. The molecule has 1 heterocycles. The van der Waals surface area contributed by atoms with Crippen LogP contribution in [-0.4, -0.2) is 15.5 Å². The van der Waals surface area contributed by atoms with Gasteiger partial charge in [-0.2, -0.15) is 0 Å². The van der Waals surface area contributed by atoms with Crippen molar-refractivity contribution >= 4 is 23.0 Å². The quantitative estimate of drug-likeness (QED) is 0.740. The van der Waals surface area contributed by atoms with Gasteiger partial charge in [0.05, 0.1) is 5.69 Å². The number of nitrogens with two attached hydrogens (primary N) is 1. The number of rotatable bonds is 3. The minimum absolute atomic E-state index is 0.238.